The predicted octanol–water partition coefficient (Wildman–Crippen LogP) is 1.80. The number of halogens is 2. The van der Waals surface area contributed by atoms with E-state index in [2.05, 4.69) is 10.4 Å². The van der Waals surface area contributed by atoms with Crippen LogP contribution in [0.15, 0.2) is 12.4 Å². The molecule has 0 aliphatic carbocycles. The Bertz CT molecular complexity index is 511. The second-order valence-corrected chi connectivity index (χ2v) is 5.35. The van der Waals surface area contributed by atoms with Crippen LogP contribution >= 0.6 is 0 Å². The molecule has 0 aromatic carbocycles. The third kappa shape index (κ3) is 5.76. The molecule has 7 nitrogen and oxygen atoms in total. The Balaban J connectivity index is 2.69. The first-order chi connectivity index (χ1) is 9.58. The highest BCUT2D eigenvalue weighted by molar-refractivity contribution is 5.80. The number of rotatable bonds is 5. The fourth-order valence-corrected chi connectivity index (χ4v) is 1.48. The average Bonchev–Trinajstić information content (AvgIpc) is 2.74. The molecule has 118 valence electrons. The van der Waals surface area contributed by atoms with Gasteiger partial charge in [-0.15, -0.1) is 0 Å². The molecule has 21 heavy (non-hydrogen) atoms. The Morgan fingerprint density at radius 2 is 2.10 bits per heavy atom. The van der Waals surface area contributed by atoms with Crippen LogP contribution in [0.4, 0.5) is 13.6 Å². The number of hydrogen-bond acceptors (Lipinski definition) is 4. The minimum Gasteiger partial charge on any atom is -0.480 e. The number of hydrogen-bond donors (Lipinski definition) is 2. The number of ether oxygens (including phenoxy) is 1. The molecule has 1 rings (SSSR count). The van der Waals surface area contributed by atoms with Gasteiger partial charge in [0.15, 0.2) is 0 Å². The average molecular weight is 305 g/mol. The van der Waals surface area contributed by atoms with E-state index in [0.717, 1.165) is 12.4 Å². The summed E-state index contributed by atoms with van der Waals surface area (Å²) < 4.78 is 30.1. The summed E-state index contributed by atoms with van der Waals surface area (Å²) in [6, 6.07) is -1.30. The predicted molar refractivity (Wildman–Crippen MR) is 68.0 cm³/mol. The highest BCUT2D eigenvalue weighted by atomic mass is 19.3. The Kier molecular flexibility index (Phi) is 5.23. The molecule has 0 fully saturated rings. The summed E-state index contributed by atoms with van der Waals surface area (Å²) in [5, 5.41) is 14.6. The Hall–Kier alpha value is -2.19. The Labute approximate surface area is 119 Å². The maximum absolute atomic E-state index is 12.4. The van der Waals surface area contributed by atoms with Gasteiger partial charge in [-0.2, -0.15) is 13.9 Å². The highest BCUT2D eigenvalue weighted by Crippen LogP contribution is 2.12. The van der Waals surface area contributed by atoms with E-state index in [1.807, 2.05) is 0 Å². The lowest BCUT2D eigenvalue weighted by Gasteiger charge is -2.21. The van der Waals surface area contributed by atoms with Gasteiger partial charge in [-0.3, -0.25) is 0 Å². The lowest BCUT2D eigenvalue weighted by molar-refractivity contribution is -0.139. The van der Waals surface area contributed by atoms with Crippen molar-refractivity contribution in [3.63, 3.8) is 0 Å². The molecule has 1 amide bonds. The lowest BCUT2D eigenvalue weighted by atomic mass is 10.1. The monoisotopic (exact) mass is 305 g/mol. The van der Waals surface area contributed by atoms with E-state index < -0.39 is 30.3 Å². The number of amides is 1. The molecule has 0 unspecified atom stereocenters. The second-order valence-electron chi connectivity index (χ2n) is 5.35. The van der Waals surface area contributed by atoms with Gasteiger partial charge in [-0.25, -0.2) is 14.3 Å². The first-order valence-corrected chi connectivity index (χ1v) is 6.12. The largest absolute Gasteiger partial charge is 0.480 e. The molecule has 9 heteroatoms. The van der Waals surface area contributed by atoms with E-state index in [4.69, 9.17) is 9.84 Å². The summed E-state index contributed by atoms with van der Waals surface area (Å²) >= 11 is 0. The fraction of sp³-hybridized carbons (Fsp3) is 0.583. The first-order valence-electron chi connectivity index (χ1n) is 6.12. The van der Waals surface area contributed by atoms with Crippen LogP contribution in [0.5, 0.6) is 0 Å². The topological polar surface area (TPSA) is 93.5 Å². The van der Waals surface area contributed by atoms with E-state index in [-0.39, 0.29) is 12.0 Å². The first kappa shape index (κ1) is 16.9. The number of carbonyl (C=O) groups excluding carboxylic acids is 1. The molecule has 0 spiro atoms. The number of carbonyl (C=O) groups is 2. The summed E-state index contributed by atoms with van der Waals surface area (Å²) in [4.78, 5) is 22.6. The van der Waals surface area contributed by atoms with Gasteiger partial charge in [0.05, 0.1) is 6.20 Å². The van der Waals surface area contributed by atoms with Gasteiger partial charge in [0.25, 0.3) is 0 Å². The van der Waals surface area contributed by atoms with Gasteiger partial charge in [0.2, 0.25) is 0 Å². The minimum atomic E-state index is -2.80. The van der Waals surface area contributed by atoms with Crippen LogP contribution in [0, 0.1) is 0 Å². The normalized spacial score (nSPS) is 13.0. The number of nitrogens with zero attached hydrogens (tertiary/aromatic N) is 2. The van der Waals surface area contributed by atoms with Crippen molar-refractivity contribution in [1.82, 2.24) is 15.1 Å². The number of nitrogens with one attached hydrogen (secondary N) is 1. The van der Waals surface area contributed by atoms with Crippen molar-refractivity contribution in [3.05, 3.63) is 18.0 Å². The molecule has 0 aliphatic heterocycles. The number of alkyl halides is 2. The van der Waals surface area contributed by atoms with E-state index in [0.29, 0.717) is 4.68 Å². The maximum atomic E-state index is 12.4. The molecular weight excluding hydrogens is 288 g/mol. The smallest absolute Gasteiger partial charge is 0.408 e. The van der Waals surface area contributed by atoms with E-state index in [9.17, 15) is 18.4 Å². The molecule has 0 radical (unpaired) electrons. The Morgan fingerprint density at radius 3 is 2.52 bits per heavy atom. The highest BCUT2D eigenvalue weighted by Gasteiger charge is 2.25. The summed E-state index contributed by atoms with van der Waals surface area (Å²) in [7, 11) is 0. The summed E-state index contributed by atoms with van der Waals surface area (Å²) in [5.74, 6) is -1.30. The maximum Gasteiger partial charge on any atom is 0.408 e. The van der Waals surface area contributed by atoms with Crippen LogP contribution in [-0.2, 0) is 16.0 Å². The number of aliphatic carboxylic acids is 1. The number of carboxylic acids is 1. The van der Waals surface area contributed by atoms with Gasteiger partial charge in [0, 0.05) is 12.6 Å². The zero-order chi connectivity index (χ0) is 16.2. The van der Waals surface area contributed by atoms with Crippen LogP contribution < -0.4 is 5.32 Å². The summed E-state index contributed by atoms with van der Waals surface area (Å²) in [5.41, 5.74) is -0.507. The zero-order valence-corrected chi connectivity index (χ0v) is 11.8. The van der Waals surface area contributed by atoms with E-state index >= 15 is 0 Å². The SMILES string of the molecule is CC(C)(C)OC(=O)N[C@H](Cc1cnn(C(F)F)c1)C(=O)O. The molecular formula is C12H17F2N3O4. The molecule has 0 aliphatic rings. The zero-order valence-electron chi connectivity index (χ0n) is 11.8. The number of aromatic nitrogens is 2. The van der Waals surface area contributed by atoms with Crippen molar-refractivity contribution < 1.29 is 28.2 Å². The van der Waals surface area contributed by atoms with Gasteiger partial charge in [-0.1, -0.05) is 0 Å². The summed E-state index contributed by atoms with van der Waals surface area (Å²) in [6.45, 7) is 2.10. The van der Waals surface area contributed by atoms with Gasteiger partial charge in [-0.05, 0) is 26.3 Å². The molecule has 1 heterocycles. The Morgan fingerprint density at radius 1 is 1.48 bits per heavy atom. The van der Waals surface area contributed by atoms with Gasteiger partial charge >= 0.3 is 18.6 Å². The number of carboxylic acid groups (broad SMARTS) is 1. The molecule has 2 N–H and O–H groups in total. The van der Waals surface area contributed by atoms with Crippen molar-refractivity contribution in [2.24, 2.45) is 0 Å². The van der Waals surface area contributed by atoms with Crippen LogP contribution in [0.1, 0.15) is 32.9 Å². The quantitative estimate of drug-likeness (QED) is 0.865. The van der Waals surface area contributed by atoms with Crippen molar-refractivity contribution in [1.29, 1.82) is 0 Å². The van der Waals surface area contributed by atoms with E-state index in [1.54, 1.807) is 20.8 Å². The van der Waals surface area contributed by atoms with E-state index in [1.165, 1.54) is 0 Å². The van der Waals surface area contributed by atoms with Crippen molar-refractivity contribution in [2.75, 3.05) is 0 Å². The summed E-state index contributed by atoms with van der Waals surface area (Å²) in [6.07, 6.45) is 1.08. The fourth-order valence-electron chi connectivity index (χ4n) is 1.48. The van der Waals surface area contributed by atoms with Crippen LogP contribution in [0.2, 0.25) is 0 Å². The van der Waals surface area contributed by atoms with Gasteiger partial charge in [0.1, 0.15) is 11.6 Å². The minimum absolute atomic E-state index is 0.179. The van der Waals surface area contributed by atoms with Crippen molar-refractivity contribution in [2.45, 2.75) is 45.4 Å². The van der Waals surface area contributed by atoms with Crippen LogP contribution in [0.25, 0.3) is 0 Å². The third-order valence-corrected chi connectivity index (χ3v) is 2.28. The molecule has 1 aromatic heterocycles. The van der Waals surface area contributed by atoms with Gasteiger partial charge < -0.3 is 15.2 Å². The van der Waals surface area contributed by atoms with Crippen molar-refractivity contribution in [3.8, 4) is 0 Å². The third-order valence-electron chi connectivity index (χ3n) is 2.28. The standard InChI is InChI=1S/C12H17F2N3O4/c1-12(2,3)21-11(20)16-8(9(18)19)4-7-5-15-17(6-7)10(13)14/h5-6,8,10H,4H2,1-3H3,(H,16,20)(H,18,19)/t8-/m1/s1. The molecule has 0 saturated heterocycles. The van der Waals surface area contributed by atoms with Crippen LogP contribution in [-0.4, -0.2) is 38.6 Å². The van der Waals surface area contributed by atoms with Crippen LogP contribution in [0.3, 0.4) is 0 Å². The molecule has 0 bridgehead atoms. The molecule has 1 atom stereocenters. The molecule has 0 saturated carbocycles. The number of alkyl carbamates (subject to hydrolysis) is 1. The second kappa shape index (κ2) is 6.51. The molecule has 1 aromatic rings. The lowest BCUT2D eigenvalue weighted by Crippen LogP contribution is -2.44. The van der Waals surface area contributed by atoms with Crippen molar-refractivity contribution >= 4 is 12.1 Å².